The maximum atomic E-state index is 2.46. The quantitative estimate of drug-likeness (QED) is 0.188. The molecule has 0 unspecified atom stereocenters. The van der Waals surface area contributed by atoms with Crippen LogP contribution in [0.3, 0.4) is 0 Å². The van der Waals surface area contributed by atoms with Crippen LogP contribution in [0.4, 0.5) is 0 Å². The maximum absolute atomic E-state index is 2.46. The first-order valence-corrected chi connectivity index (χ1v) is 11.9. The van der Waals surface area contributed by atoms with Gasteiger partial charge in [-0.3, -0.25) is 0 Å². The molecular weight excluding hydrogens is 338 g/mol. The van der Waals surface area contributed by atoms with Crippen molar-refractivity contribution in [3.63, 3.8) is 0 Å². The minimum atomic E-state index is 0. The SMILES string of the molecule is CCCCCCCCCCCCCCCCCCCCN(C)C(C)C.Cl. The van der Waals surface area contributed by atoms with Gasteiger partial charge in [0.25, 0.3) is 0 Å². The van der Waals surface area contributed by atoms with Crippen molar-refractivity contribution in [1.29, 1.82) is 0 Å². The lowest BCUT2D eigenvalue weighted by atomic mass is 10.0. The van der Waals surface area contributed by atoms with E-state index in [-0.39, 0.29) is 12.4 Å². The summed E-state index contributed by atoms with van der Waals surface area (Å²) in [5.41, 5.74) is 0. The van der Waals surface area contributed by atoms with Gasteiger partial charge in [0.05, 0.1) is 0 Å². The normalized spacial score (nSPS) is 11.3. The van der Waals surface area contributed by atoms with Crippen LogP contribution in [0.1, 0.15) is 136 Å². The fourth-order valence-corrected chi connectivity index (χ4v) is 3.52. The molecule has 0 fully saturated rings. The van der Waals surface area contributed by atoms with Crippen LogP contribution >= 0.6 is 12.4 Å². The lowest BCUT2D eigenvalue weighted by molar-refractivity contribution is 0.267. The van der Waals surface area contributed by atoms with Crippen molar-refractivity contribution < 1.29 is 0 Å². The molecule has 0 saturated heterocycles. The second-order valence-electron chi connectivity index (χ2n) is 8.58. The van der Waals surface area contributed by atoms with Gasteiger partial charge in [0, 0.05) is 6.04 Å². The van der Waals surface area contributed by atoms with Gasteiger partial charge in [0.2, 0.25) is 0 Å². The number of hydrogen-bond acceptors (Lipinski definition) is 1. The van der Waals surface area contributed by atoms with Crippen molar-refractivity contribution in [3.8, 4) is 0 Å². The summed E-state index contributed by atoms with van der Waals surface area (Å²) >= 11 is 0. The van der Waals surface area contributed by atoms with Crippen LogP contribution in [-0.2, 0) is 0 Å². The van der Waals surface area contributed by atoms with Crippen LogP contribution in [0.25, 0.3) is 0 Å². The Hall–Kier alpha value is 0.250. The van der Waals surface area contributed by atoms with Crippen LogP contribution in [0.5, 0.6) is 0 Å². The first kappa shape index (κ1) is 28.5. The van der Waals surface area contributed by atoms with Gasteiger partial charge in [-0.05, 0) is 33.9 Å². The van der Waals surface area contributed by atoms with E-state index < -0.39 is 0 Å². The molecule has 0 heterocycles. The summed E-state index contributed by atoms with van der Waals surface area (Å²) in [6, 6.07) is 0.700. The molecule has 160 valence electrons. The van der Waals surface area contributed by atoms with Crippen LogP contribution < -0.4 is 0 Å². The van der Waals surface area contributed by atoms with Gasteiger partial charge < -0.3 is 4.90 Å². The molecule has 0 saturated carbocycles. The van der Waals surface area contributed by atoms with Crippen LogP contribution in [-0.4, -0.2) is 24.5 Å². The molecule has 26 heavy (non-hydrogen) atoms. The topological polar surface area (TPSA) is 3.24 Å². The Morgan fingerprint density at radius 2 is 0.769 bits per heavy atom. The molecule has 0 aliphatic rings. The van der Waals surface area contributed by atoms with E-state index in [0.717, 1.165) is 0 Å². The number of unbranched alkanes of at least 4 members (excludes halogenated alkanes) is 17. The van der Waals surface area contributed by atoms with E-state index in [1.165, 1.54) is 122 Å². The van der Waals surface area contributed by atoms with Crippen molar-refractivity contribution in [3.05, 3.63) is 0 Å². The van der Waals surface area contributed by atoms with Gasteiger partial charge >= 0.3 is 0 Å². The predicted molar refractivity (Wildman–Crippen MR) is 124 cm³/mol. The molecular formula is C24H52ClN. The first-order chi connectivity index (χ1) is 12.2. The van der Waals surface area contributed by atoms with Crippen molar-refractivity contribution in [2.75, 3.05) is 13.6 Å². The average molecular weight is 390 g/mol. The number of halogens is 1. The highest BCUT2D eigenvalue weighted by Crippen LogP contribution is 2.14. The highest BCUT2D eigenvalue weighted by Gasteiger charge is 2.01. The Morgan fingerprint density at radius 3 is 1.04 bits per heavy atom. The third-order valence-corrected chi connectivity index (χ3v) is 5.75. The van der Waals surface area contributed by atoms with Gasteiger partial charge in [-0.25, -0.2) is 0 Å². The lowest BCUT2D eigenvalue weighted by Gasteiger charge is -2.20. The molecule has 0 aromatic rings. The van der Waals surface area contributed by atoms with E-state index in [1.54, 1.807) is 0 Å². The Labute approximate surface area is 173 Å². The zero-order valence-electron chi connectivity index (χ0n) is 18.9. The molecule has 0 rings (SSSR count). The predicted octanol–water partition coefficient (Wildman–Crippen LogP) is 8.79. The van der Waals surface area contributed by atoms with Gasteiger partial charge in [0.1, 0.15) is 0 Å². The monoisotopic (exact) mass is 389 g/mol. The van der Waals surface area contributed by atoms with Crippen molar-refractivity contribution in [2.24, 2.45) is 0 Å². The molecule has 0 amide bonds. The molecule has 1 nitrogen and oxygen atoms in total. The van der Waals surface area contributed by atoms with E-state index in [9.17, 15) is 0 Å². The average Bonchev–Trinajstić information content (AvgIpc) is 2.60. The summed E-state index contributed by atoms with van der Waals surface area (Å²) in [4.78, 5) is 2.46. The molecule has 0 aliphatic carbocycles. The molecule has 0 aromatic carbocycles. The maximum Gasteiger partial charge on any atom is 0.00355 e. The fraction of sp³-hybridized carbons (Fsp3) is 1.00. The largest absolute Gasteiger partial charge is 0.304 e. The van der Waals surface area contributed by atoms with Gasteiger partial charge in [-0.2, -0.15) is 0 Å². The van der Waals surface area contributed by atoms with Gasteiger partial charge in [-0.15, -0.1) is 12.4 Å². The third kappa shape index (κ3) is 22.3. The minimum absolute atomic E-state index is 0. The lowest BCUT2D eigenvalue weighted by Crippen LogP contribution is -2.27. The number of rotatable bonds is 20. The molecule has 0 radical (unpaired) electrons. The standard InChI is InChI=1S/C24H51N.ClH/c1-5-6-7-8-9-10-11-12-13-14-15-16-17-18-19-20-21-22-23-25(4)24(2)3;/h24H,5-23H2,1-4H3;1H. The smallest absolute Gasteiger partial charge is 0.00355 e. The molecule has 0 spiro atoms. The van der Waals surface area contributed by atoms with Gasteiger partial charge in [0.15, 0.2) is 0 Å². The van der Waals surface area contributed by atoms with E-state index in [2.05, 4.69) is 32.7 Å². The molecule has 0 N–H and O–H groups in total. The number of nitrogens with zero attached hydrogens (tertiary/aromatic N) is 1. The zero-order chi connectivity index (χ0) is 18.6. The summed E-state index contributed by atoms with van der Waals surface area (Å²) < 4.78 is 0. The summed E-state index contributed by atoms with van der Waals surface area (Å²) in [6.07, 6.45) is 26.3. The zero-order valence-corrected chi connectivity index (χ0v) is 19.7. The first-order valence-electron chi connectivity index (χ1n) is 11.9. The van der Waals surface area contributed by atoms with E-state index >= 15 is 0 Å². The molecule has 0 aromatic heterocycles. The minimum Gasteiger partial charge on any atom is -0.304 e. The number of hydrogen-bond donors (Lipinski definition) is 0. The Morgan fingerprint density at radius 1 is 0.500 bits per heavy atom. The summed E-state index contributed by atoms with van der Waals surface area (Å²) in [5.74, 6) is 0. The fourth-order valence-electron chi connectivity index (χ4n) is 3.52. The summed E-state index contributed by atoms with van der Waals surface area (Å²) in [5, 5.41) is 0. The van der Waals surface area contributed by atoms with Crippen molar-refractivity contribution in [2.45, 2.75) is 142 Å². The van der Waals surface area contributed by atoms with E-state index in [1.807, 2.05) is 0 Å². The van der Waals surface area contributed by atoms with Crippen LogP contribution in [0.15, 0.2) is 0 Å². The van der Waals surface area contributed by atoms with Crippen LogP contribution in [0.2, 0.25) is 0 Å². The molecule has 0 atom stereocenters. The Balaban J connectivity index is 0. The Bertz CT molecular complexity index is 242. The van der Waals surface area contributed by atoms with Crippen molar-refractivity contribution in [1.82, 2.24) is 4.90 Å². The second-order valence-corrected chi connectivity index (χ2v) is 8.58. The molecule has 0 aliphatic heterocycles. The summed E-state index contributed by atoms with van der Waals surface area (Å²) in [7, 11) is 2.25. The molecule has 0 bridgehead atoms. The van der Waals surface area contributed by atoms with Crippen molar-refractivity contribution >= 4 is 12.4 Å². The van der Waals surface area contributed by atoms with E-state index in [4.69, 9.17) is 0 Å². The van der Waals surface area contributed by atoms with E-state index in [0.29, 0.717) is 6.04 Å². The third-order valence-electron chi connectivity index (χ3n) is 5.75. The summed E-state index contributed by atoms with van der Waals surface area (Å²) in [6.45, 7) is 8.15. The van der Waals surface area contributed by atoms with Crippen LogP contribution in [0, 0.1) is 0 Å². The highest BCUT2D eigenvalue weighted by molar-refractivity contribution is 5.85. The second kappa shape index (κ2) is 23.3. The Kier molecular flexibility index (Phi) is 25.5. The molecule has 2 heteroatoms. The highest BCUT2D eigenvalue weighted by atomic mass is 35.5. The van der Waals surface area contributed by atoms with Gasteiger partial charge in [-0.1, -0.05) is 116 Å².